The van der Waals surface area contributed by atoms with Crippen LogP contribution in [0.3, 0.4) is 0 Å². The number of allylic oxidation sites excluding steroid dienone is 1. The second-order valence-corrected chi connectivity index (χ2v) is 6.22. The van der Waals surface area contributed by atoms with E-state index in [1.807, 2.05) is 0 Å². The van der Waals surface area contributed by atoms with Crippen molar-refractivity contribution in [3.8, 4) is 0 Å². The Morgan fingerprint density at radius 2 is 2.37 bits per heavy atom. The molecule has 108 valence electrons. The molecule has 3 heteroatoms. The largest absolute Gasteiger partial charge is 0.373 e. The summed E-state index contributed by atoms with van der Waals surface area (Å²) in [6.45, 7) is 6.59. The van der Waals surface area contributed by atoms with Crippen molar-refractivity contribution in [2.75, 3.05) is 26.2 Å². The molecule has 2 saturated heterocycles. The Hall–Kier alpha value is -0.380. The number of rotatable bonds is 4. The normalized spacial score (nSPS) is 33.8. The van der Waals surface area contributed by atoms with Crippen LogP contribution in [-0.2, 0) is 4.74 Å². The van der Waals surface area contributed by atoms with E-state index < -0.39 is 0 Å². The first kappa shape index (κ1) is 13.6. The quantitative estimate of drug-likeness (QED) is 0.789. The minimum absolute atomic E-state index is 0.360. The molecule has 3 rings (SSSR count). The molecule has 0 radical (unpaired) electrons. The van der Waals surface area contributed by atoms with Crippen molar-refractivity contribution in [2.45, 2.75) is 63.6 Å². The lowest BCUT2D eigenvalue weighted by atomic mass is 9.90. The van der Waals surface area contributed by atoms with Crippen LogP contribution in [-0.4, -0.2) is 49.3 Å². The molecule has 0 bridgehead atoms. The van der Waals surface area contributed by atoms with Gasteiger partial charge in [0.2, 0.25) is 0 Å². The fourth-order valence-corrected chi connectivity index (χ4v) is 3.91. The van der Waals surface area contributed by atoms with Gasteiger partial charge in [-0.2, -0.15) is 0 Å². The second kappa shape index (κ2) is 6.38. The molecule has 2 aliphatic heterocycles. The first-order chi connectivity index (χ1) is 9.38. The van der Waals surface area contributed by atoms with Crippen molar-refractivity contribution in [1.82, 2.24) is 10.2 Å². The highest BCUT2D eigenvalue weighted by atomic mass is 16.5. The summed E-state index contributed by atoms with van der Waals surface area (Å²) in [6.07, 6.45) is 10.8. The van der Waals surface area contributed by atoms with Crippen molar-refractivity contribution in [3.05, 3.63) is 11.6 Å². The average Bonchev–Trinajstić information content (AvgIpc) is 2.93. The van der Waals surface area contributed by atoms with Gasteiger partial charge in [0.1, 0.15) is 0 Å². The standard InChI is InChI=1S/C16H28N2O/c1-2-17-16(13-7-4-3-5-8-13)15-11-18-10-6-9-14(18)12-19-15/h7,14-17H,2-6,8-12H2,1H3. The monoisotopic (exact) mass is 264 g/mol. The van der Waals surface area contributed by atoms with Gasteiger partial charge in [-0.15, -0.1) is 0 Å². The lowest BCUT2D eigenvalue weighted by Gasteiger charge is -2.40. The van der Waals surface area contributed by atoms with E-state index in [1.165, 1.54) is 45.1 Å². The van der Waals surface area contributed by atoms with E-state index in [0.717, 1.165) is 19.7 Å². The Kier molecular flexibility index (Phi) is 4.57. The van der Waals surface area contributed by atoms with E-state index in [0.29, 0.717) is 18.2 Å². The minimum atomic E-state index is 0.360. The number of likely N-dealkylation sites (N-methyl/N-ethyl adjacent to an activating group) is 1. The molecule has 0 amide bonds. The molecule has 0 saturated carbocycles. The van der Waals surface area contributed by atoms with E-state index in [1.54, 1.807) is 5.57 Å². The molecule has 3 nitrogen and oxygen atoms in total. The Balaban J connectivity index is 1.67. The van der Waals surface area contributed by atoms with Crippen molar-refractivity contribution in [1.29, 1.82) is 0 Å². The maximum absolute atomic E-state index is 6.21. The van der Waals surface area contributed by atoms with Gasteiger partial charge in [-0.25, -0.2) is 0 Å². The molecule has 3 atom stereocenters. The highest BCUT2D eigenvalue weighted by Crippen LogP contribution is 2.28. The number of hydrogen-bond donors (Lipinski definition) is 1. The Morgan fingerprint density at radius 3 is 3.16 bits per heavy atom. The second-order valence-electron chi connectivity index (χ2n) is 6.22. The first-order valence-electron chi connectivity index (χ1n) is 8.16. The van der Waals surface area contributed by atoms with Crippen LogP contribution < -0.4 is 5.32 Å². The van der Waals surface area contributed by atoms with E-state index in [9.17, 15) is 0 Å². The first-order valence-corrected chi connectivity index (χ1v) is 8.16. The summed E-state index contributed by atoms with van der Waals surface area (Å²) >= 11 is 0. The van der Waals surface area contributed by atoms with Gasteiger partial charge in [0.05, 0.1) is 18.8 Å². The van der Waals surface area contributed by atoms with Crippen LogP contribution in [0.1, 0.15) is 45.4 Å². The molecule has 3 unspecified atom stereocenters. The van der Waals surface area contributed by atoms with Crippen molar-refractivity contribution in [3.63, 3.8) is 0 Å². The predicted octanol–water partition coefficient (Wildman–Crippen LogP) is 2.33. The summed E-state index contributed by atoms with van der Waals surface area (Å²) < 4.78 is 6.21. The van der Waals surface area contributed by atoms with Crippen LogP contribution in [0, 0.1) is 0 Å². The number of nitrogens with one attached hydrogen (secondary N) is 1. The molecular weight excluding hydrogens is 236 g/mol. The zero-order chi connectivity index (χ0) is 13.1. The van der Waals surface area contributed by atoms with Gasteiger partial charge in [-0.05, 0) is 51.6 Å². The third kappa shape index (κ3) is 3.04. The molecule has 19 heavy (non-hydrogen) atoms. The topological polar surface area (TPSA) is 24.5 Å². The van der Waals surface area contributed by atoms with Crippen molar-refractivity contribution < 1.29 is 4.74 Å². The zero-order valence-corrected chi connectivity index (χ0v) is 12.2. The van der Waals surface area contributed by atoms with Gasteiger partial charge in [-0.3, -0.25) is 4.90 Å². The number of morpholine rings is 1. The Labute approximate surface area is 117 Å². The molecule has 3 aliphatic rings. The predicted molar refractivity (Wildman–Crippen MR) is 78.4 cm³/mol. The summed E-state index contributed by atoms with van der Waals surface area (Å²) in [7, 11) is 0. The summed E-state index contributed by atoms with van der Waals surface area (Å²) in [5, 5.41) is 3.68. The lowest BCUT2D eigenvalue weighted by Crippen LogP contribution is -2.54. The van der Waals surface area contributed by atoms with Crippen molar-refractivity contribution >= 4 is 0 Å². The third-order valence-corrected chi connectivity index (χ3v) is 4.94. The van der Waals surface area contributed by atoms with Gasteiger partial charge in [0.15, 0.2) is 0 Å². The van der Waals surface area contributed by atoms with E-state index in [4.69, 9.17) is 4.74 Å². The smallest absolute Gasteiger partial charge is 0.0893 e. The fourth-order valence-electron chi connectivity index (χ4n) is 3.91. The zero-order valence-electron chi connectivity index (χ0n) is 12.2. The fraction of sp³-hybridized carbons (Fsp3) is 0.875. The van der Waals surface area contributed by atoms with Crippen LogP contribution in [0.4, 0.5) is 0 Å². The number of hydrogen-bond acceptors (Lipinski definition) is 3. The maximum atomic E-state index is 6.21. The molecule has 0 aromatic carbocycles. The SMILES string of the molecule is CCNC(C1=CCCCC1)C1CN2CCCC2CO1. The number of nitrogens with zero attached hydrogens (tertiary/aromatic N) is 1. The molecule has 2 fully saturated rings. The third-order valence-electron chi connectivity index (χ3n) is 4.94. The maximum Gasteiger partial charge on any atom is 0.0893 e. The van der Waals surface area contributed by atoms with Crippen LogP contribution >= 0.6 is 0 Å². The van der Waals surface area contributed by atoms with Gasteiger partial charge >= 0.3 is 0 Å². The molecule has 2 heterocycles. The molecule has 1 N–H and O–H groups in total. The van der Waals surface area contributed by atoms with E-state index in [-0.39, 0.29) is 0 Å². The molecular formula is C16H28N2O. The van der Waals surface area contributed by atoms with Gasteiger partial charge in [0, 0.05) is 12.6 Å². The van der Waals surface area contributed by atoms with Gasteiger partial charge in [-0.1, -0.05) is 18.6 Å². The highest BCUT2D eigenvalue weighted by Gasteiger charge is 2.36. The summed E-state index contributed by atoms with van der Waals surface area (Å²) in [5.41, 5.74) is 1.61. The Morgan fingerprint density at radius 1 is 1.42 bits per heavy atom. The molecule has 1 aliphatic carbocycles. The molecule has 0 aromatic rings. The van der Waals surface area contributed by atoms with Crippen LogP contribution in [0.2, 0.25) is 0 Å². The summed E-state index contributed by atoms with van der Waals surface area (Å²) in [5.74, 6) is 0. The molecule has 0 spiro atoms. The van der Waals surface area contributed by atoms with E-state index >= 15 is 0 Å². The lowest BCUT2D eigenvalue weighted by molar-refractivity contribution is -0.0595. The Bertz CT molecular complexity index is 329. The number of ether oxygens (including phenoxy) is 1. The minimum Gasteiger partial charge on any atom is -0.373 e. The average molecular weight is 264 g/mol. The summed E-state index contributed by atoms with van der Waals surface area (Å²) in [6, 6.07) is 1.16. The highest BCUT2D eigenvalue weighted by molar-refractivity contribution is 5.16. The van der Waals surface area contributed by atoms with Crippen LogP contribution in [0.25, 0.3) is 0 Å². The number of fused-ring (bicyclic) bond motifs is 1. The van der Waals surface area contributed by atoms with Gasteiger partial charge in [0.25, 0.3) is 0 Å². The summed E-state index contributed by atoms with van der Waals surface area (Å²) in [4.78, 5) is 2.65. The van der Waals surface area contributed by atoms with Crippen LogP contribution in [0.15, 0.2) is 11.6 Å². The van der Waals surface area contributed by atoms with Crippen molar-refractivity contribution in [2.24, 2.45) is 0 Å². The molecule has 0 aromatic heterocycles. The van der Waals surface area contributed by atoms with Gasteiger partial charge < -0.3 is 10.1 Å². The van der Waals surface area contributed by atoms with E-state index in [2.05, 4.69) is 23.2 Å². The van der Waals surface area contributed by atoms with Crippen LogP contribution in [0.5, 0.6) is 0 Å².